The van der Waals surface area contributed by atoms with Gasteiger partial charge in [-0.1, -0.05) is 23.7 Å². The molecular formula is C19H17ClN2S. The number of rotatable bonds is 2. The summed E-state index contributed by atoms with van der Waals surface area (Å²) in [6, 6.07) is 14.8. The van der Waals surface area contributed by atoms with Crippen LogP contribution >= 0.6 is 23.4 Å². The maximum absolute atomic E-state index is 6.05. The molecule has 1 aliphatic heterocycles. The summed E-state index contributed by atoms with van der Waals surface area (Å²) in [5.41, 5.74) is 6.07. The van der Waals surface area contributed by atoms with Crippen LogP contribution < -0.4 is 0 Å². The minimum Gasteiger partial charge on any atom is -0.296 e. The van der Waals surface area contributed by atoms with Gasteiger partial charge in [-0.05, 0) is 55.5 Å². The number of aryl methyl sites for hydroxylation is 3. The fraction of sp³-hybridized carbons (Fsp3) is 0.211. The second-order valence-electron chi connectivity index (χ2n) is 5.80. The van der Waals surface area contributed by atoms with Crippen molar-refractivity contribution in [3.8, 4) is 16.9 Å². The minimum atomic E-state index is 0.759. The summed E-state index contributed by atoms with van der Waals surface area (Å²) in [6.07, 6.45) is 4.16. The molecule has 116 valence electrons. The molecule has 0 atom stereocenters. The highest BCUT2D eigenvalue weighted by atomic mass is 35.5. The van der Waals surface area contributed by atoms with Crippen molar-refractivity contribution in [2.75, 3.05) is 6.26 Å². The highest BCUT2D eigenvalue weighted by Gasteiger charge is 2.23. The first kappa shape index (κ1) is 14.9. The third-order valence-corrected chi connectivity index (χ3v) is 5.36. The monoisotopic (exact) mass is 340 g/mol. The van der Waals surface area contributed by atoms with E-state index in [1.165, 1.54) is 21.8 Å². The summed E-state index contributed by atoms with van der Waals surface area (Å²) in [5.74, 6) is 1.15. The van der Waals surface area contributed by atoms with Crippen molar-refractivity contribution in [1.29, 1.82) is 0 Å². The van der Waals surface area contributed by atoms with Crippen molar-refractivity contribution in [3.05, 3.63) is 64.6 Å². The fourth-order valence-corrected chi connectivity index (χ4v) is 3.90. The Kier molecular flexibility index (Phi) is 3.70. The van der Waals surface area contributed by atoms with Gasteiger partial charge < -0.3 is 0 Å². The molecule has 3 aromatic rings. The normalized spacial score (nSPS) is 12.8. The maximum Gasteiger partial charge on any atom is 0.114 e. The summed E-state index contributed by atoms with van der Waals surface area (Å²) in [4.78, 5) is 6.13. The zero-order valence-corrected chi connectivity index (χ0v) is 14.7. The van der Waals surface area contributed by atoms with Gasteiger partial charge in [0.2, 0.25) is 0 Å². The molecule has 0 saturated carbocycles. The van der Waals surface area contributed by atoms with E-state index in [9.17, 15) is 0 Å². The Morgan fingerprint density at radius 1 is 1.09 bits per heavy atom. The highest BCUT2D eigenvalue weighted by molar-refractivity contribution is 7.98. The van der Waals surface area contributed by atoms with Gasteiger partial charge in [0.1, 0.15) is 5.82 Å². The molecule has 2 aromatic carbocycles. The number of nitrogens with zero attached hydrogens (tertiary/aromatic N) is 2. The van der Waals surface area contributed by atoms with Gasteiger partial charge in [-0.25, -0.2) is 4.98 Å². The summed E-state index contributed by atoms with van der Waals surface area (Å²) in [5, 5.41) is 0.759. The van der Waals surface area contributed by atoms with E-state index in [1.807, 2.05) is 12.1 Å². The maximum atomic E-state index is 6.05. The lowest BCUT2D eigenvalue weighted by Crippen LogP contribution is -2.13. The van der Waals surface area contributed by atoms with Crippen molar-refractivity contribution < 1.29 is 0 Å². The molecule has 0 bridgehead atoms. The first-order valence-electron chi connectivity index (χ1n) is 7.69. The van der Waals surface area contributed by atoms with Crippen molar-refractivity contribution >= 4 is 23.4 Å². The van der Waals surface area contributed by atoms with Crippen LogP contribution in [0.2, 0.25) is 5.02 Å². The fourth-order valence-electron chi connectivity index (χ4n) is 3.31. The Bertz CT molecular complexity index is 881. The zero-order chi connectivity index (χ0) is 16.0. The topological polar surface area (TPSA) is 17.8 Å². The molecule has 0 unspecified atom stereocenters. The van der Waals surface area contributed by atoms with Gasteiger partial charge in [0, 0.05) is 21.9 Å². The Morgan fingerprint density at radius 3 is 2.61 bits per heavy atom. The van der Waals surface area contributed by atoms with Crippen LogP contribution in [0.25, 0.3) is 16.9 Å². The predicted molar refractivity (Wildman–Crippen MR) is 97.9 cm³/mol. The molecule has 2 nitrogen and oxygen atoms in total. The molecule has 4 heteroatoms. The first-order valence-corrected chi connectivity index (χ1v) is 9.29. The van der Waals surface area contributed by atoms with Crippen molar-refractivity contribution in [2.24, 2.45) is 0 Å². The molecule has 0 radical (unpaired) electrons. The number of hydrogen-bond acceptors (Lipinski definition) is 2. The van der Waals surface area contributed by atoms with Crippen LogP contribution in [0.15, 0.2) is 47.4 Å². The number of thioether (sulfide) groups is 1. The van der Waals surface area contributed by atoms with E-state index in [4.69, 9.17) is 16.6 Å². The summed E-state index contributed by atoms with van der Waals surface area (Å²) < 4.78 is 2.32. The van der Waals surface area contributed by atoms with Gasteiger partial charge in [-0.3, -0.25) is 4.57 Å². The van der Waals surface area contributed by atoms with Crippen molar-refractivity contribution in [3.63, 3.8) is 0 Å². The summed E-state index contributed by atoms with van der Waals surface area (Å²) >= 11 is 7.84. The Hall–Kier alpha value is -1.71. The molecule has 1 aliphatic rings. The van der Waals surface area contributed by atoms with Crippen molar-refractivity contribution in [2.45, 2.75) is 24.7 Å². The Labute approximate surface area is 145 Å². The third-order valence-electron chi connectivity index (χ3n) is 4.38. The van der Waals surface area contributed by atoms with Gasteiger partial charge in [0.05, 0.1) is 17.1 Å². The van der Waals surface area contributed by atoms with Crippen LogP contribution in [0, 0.1) is 6.92 Å². The molecule has 23 heavy (non-hydrogen) atoms. The van der Waals surface area contributed by atoms with Crippen LogP contribution in [-0.2, 0) is 12.8 Å². The van der Waals surface area contributed by atoms with Crippen LogP contribution in [0.4, 0.5) is 0 Å². The molecule has 2 heterocycles. The number of halogens is 1. The van der Waals surface area contributed by atoms with Gasteiger partial charge in [0.15, 0.2) is 0 Å². The molecule has 0 aliphatic carbocycles. The van der Waals surface area contributed by atoms with Gasteiger partial charge in [0.25, 0.3) is 0 Å². The SMILES string of the molecule is CSc1ccc2c(c1)CCc1nc(C)c(-c3ccc(Cl)cc3)n1-2. The Morgan fingerprint density at radius 2 is 1.87 bits per heavy atom. The second-order valence-corrected chi connectivity index (χ2v) is 7.12. The molecule has 4 rings (SSSR count). The lowest BCUT2D eigenvalue weighted by atomic mass is 10.0. The first-order chi connectivity index (χ1) is 11.2. The van der Waals surface area contributed by atoms with E-state index >= 15 is 0 Å². The number of fused-ring (bicyclic) bond motifs is 3. The molecule has 1 aromatic heterocycles. The van der Waals surface area contributed by atoms with Gasteiger partial charge >= 0.3 is 0 Å². The van der Waals surface area contributed by atoms with Crippen LogP contribution in [-0.4, -0.2) is 15.8 Å². The quantitative estimate of drug-likeness (QED) is 0.587. The molecule has 0 spiro atoms. The molecule has 0 fully saturated rings. The van der Waals surface area contributed by atoms with E-state index in [0.29, 0.717) is 0 Å². The van der Waals surface area contributed by atoms with E-state index in [2.05, 4.69) is 48.1 Å². The highest BCUT2D eigenvalue weighted by Crippen LogP contribution is 2.35. The number of benzene rings is 2. The van der Waals surface area contributed by atoms with Crippen LogP contribution in [0.3, 0.4) is 0 Å². The van der Waals surface area contributed by atoms with E-state index in [-0.39, 0.29) is 0 Å². The average Bonchev–Trinajstić information content (AvgIpc) is 2.91. The van der Waals surface area contributed by atoms with E-state index < -0.39 is 0 Å². The third kappa shape index (κ3) is 2.48. The number of aromatic nitrogens is 2. The Balaban J connectivity index is 1.94. The molecule has 0 amide bonds. The second kappa shape index (κ2) is 5.73. The summed E-state index contributed by atoms with van der Waals surface area (Å²) in [6.45, 7) is 2.09. The zero-order valence-electron chi connectivity index (χ0n) is 13.1. The predicted octanol–water partition coefficient (Wildman–Crippen LogP) is 5.32. The summed E-state index contributed by atoms with van der Waals surface area (Å²) in [7, 11) is 0. The lowest BCUT2D eigenvalue weighted by molar-refractivity contribution is 0.777. The number of imidazole rings is 1. The van der Waals surface area contributed by atoms with Crippen LogP contribution in [0.1, 0.15) is 17.1 Å². The molecule has 0 N–H and O–H groups in total. The van der Waals surface area contributed by atoms with E-state index in [0.717, 1.165) is 34.9 Å². The molecular weight excluding hydrogens is 324 g/mol. The lowest BCUT2D eigenvalue weighted by Gasteiger charge is -2.21. The van der Waals surface area contributed by atoms with Gasteiger partial charge in [-0.15, -0.1) is 11.8 Å². The van der Waals surface area contributed by atoms with E-state index in [1.54, 1.807) is 11.8 Å². The van der Waals surface area contributed by atoms with Crippen molar-refractivity contribution in [1.82, 2.24) is 9.55 Å². The number of hydrogen-bond donors (Lipinski definition) is 0. The van der Waals surface area contributed by atoms with Gasteiger partial charge in [-0.2, -0.15) is 0 Å². The smallest absolute Gasteiger partial charge is 0.114 e. The molecule has 0 saturated heterocycles. The average molecular weight is 341 g/mol. The minimum absolute atomic E-state index is 0.759. The largest absolute Gasteiger partial charge is 0.296 e. The van der Waals surface area contributed by atoms with Crippen LogP contribution in [0.5, 0.6) is 0 Å². The standard InChI is InChI=1S/C19H17ClN2S/c1-12-19(13-3-6-15(20)7-4-13)22-17-9-8-16(23-2)11-14(17)5-10-18(22)21-12/h3-4,6-9,11H,5,10H2,1-2H3.